The first-order chi connectivity index (χ1) is 12.2. The van der Waals surface area contributed by atoms with E-state index in [9.17, 15) is 27.6 Å². The predicted octanol–water partition coefficient (Wildman–Crippen LogP) is 1.24. The SMILES string of the molecule is C=C1/C=C(S(=O)(=O)c2ccc3c(c2)C(=O)OC3=O)\C=C/CC(=O)OC1=O. The molecule has 2 aliphatic heterocycles. The van der Waals surface area contributed by atoms with E-state index in [-0.39, 0.29) is 32.9 Å². The van der Waals surface area contributed by atoms with E-state index in [1.807, 2.05) is 0 Å². The number of benzene rings is 1. The molecular weight excluding hydrogens is 364 g/mol. The molecule has 0 saturated heterocycles. The summed E-state index contributed by atoms with van der Waals surface area (Å²) in [5, 5.41) is 0. The van der Waals surface area contributed by atoms with Crippen molar-refractivity contribution in [3.05, 3.63) is 64.6 Å². The lowest BCUT2D eigenvalue weighted by atomic mass is 10.1. The van der Waals surface area contributed by atoms with Crippen molar-refractivity contribution < 1.29 is 37.1 Å². The lowest BCUT2D eigenvalue weighted by molar-refractivity contribution is -0.155. The van der Waals surface area contributed by atoms with Crippen LogP contribution in [0.4, 0.5) is 0 Å². The maximum Gasteiger partial charge on any atom is 0.346 e. The molecule has 9 heteroatoms. The van der Waals surface area contributed by atoms with Crippen LogP contribution in [0.15, 0.2) is 58.4 Å². The van der Waals surface area contributed by atoms with Gasteiger partial charge in [-0.1, -0.05) is 12.7 Å². The minimum atomic E-state index is -4.18. The van der Waals surface area contributed by atoms with E-state index < -0.39 is 33.7 Å². The highest BCUT2D eigenvalue weighted by molar-refractivity contribution is 7.95. The van der Waals surface area contributed by atoms with Crippen LogP contribution in [0.3, 0.4) is 0 Å². The predicted molar refractivity (Wildman–Crippen MR) is 85.5 cm³/mol. The maximum atomic E-state index is 12.9. The summed E-state index contributed by atoms with van der Waals surface area (Å²) in [6.45, 7) is 3.39. The highest BCUT2D eigenvalue weighted by Crippen LogP contribution is 2.28. The van der Waals surface area contributed by atoms with Gasteiger partial charge in [0.2, 0.25) is 9.84 Å². The molecular formula is C17H10O8S. The van der Waals surface area contributed by atoms with Gasteiger partial charge in [-0.25, -0.2) is 22.8 Å². The Morgan fingerprint density at radius 1 is 0.923 bits per heavy atom. The zero-order valence-electron chi connectivity index (χ0n) is 13.1. The number of ether oxygens (including phenoxy) is 2. The molecule has 132 valence electrons. The normalized spacial score (nSPS) is 20.9. The number of sulfone groups is 1. The maximum absolute atomic E-state index is 12.9. The molecule has 0 radical (unpaired) electrons. The topological polar surface area (TPSA) is 121 Å². The summed E-state index contributed by atoms with van der Waals surface area (Å²) < 4.78 is 34.6. The molecule has 0 amide bonds. The fraction of sp³-hybridized carbons (Fsp3) is 0.0588. The molecule has 2 aliphatic rings. The monoisotopic (exact) mass is 374 g/mol. The molecule has 1 aromatic rings. The van der Waals surface area contributed by atoms with E-state index in [1.54, 1.807) is 0 Å². The Labute approximate surface area is 147 Å². The van der Waals surface area contributed by atoms with Gasteiger partial charge >= 0.3 is 23.9 Å². The van der Waals surface area contributed by atoms with Gasteiger partial charge < -0.3 is 9.47 Å². The van der Waals surface area contributed by atoms with Crippen LogP contribution in [0.25, 0.3) is 0 Å². The third-order valence-electron chi connectivity index (χ3n) is 3.59. The number of esters is 4. The summed E-state index contributed by atoms with van der Waals surface area (Å²) >= 11 is 0. The van der Waals surface area contributed by atoms with Crippen molar-refractivity contribution in [3.63, 3.8) is 0 Å². The second-order valence-corrected chi connectivity index (χ2v) is 7.28. The van der Waals surface area contributed by atoms with E-state index in [0.717, 1.165) is 24.3 Å². The number of cyclic esters (lactones) is 4. The quantitative estimate of drug-likeness (QED) is 0.431. The van der Waals surface area contributed by atoms with Crippen molar-refractivity contribution in [2.24, 2.45) is 0 Å². The second kappa shape index (κ2) is 6.19. The highest BCUT2D eigenvalue weighted by Gasteiger charge is 2.32. The summed E-state index contributed by atoms with van der Waals surface area (Å²) in [4.78, 5) is 45.5. The third-order valence-corrected chi connectivity index (χ3v) is 5.34. The number of carbonyl (C=O) groups excluding carboxylic acids is 4. The number of hydrogen-bond donors (Lipinski definition) is 0. The third kappa shape index (κ3) is 3.00. The van der Waals surface area contributed by atoms with E-state index in [4.69, 9.17) is 0 Å². The summed E-state index contributed by atoms with van der Waals surface area (Å²) in [6.07, 6.45) is 3.01. The highest BCUT2D eigenvalue weighted by atomic mass is 32.2. The number of carbonyl (C=O) groups is 4. The van der Waals surface area contributed by atoms with Crippen molar-refractivity contribution in [2.75, 3.05) is 0 Å². The molecule has 26 heavy (non-hydrogen) atoms. The summed E-state index contributed by atoms with van der Waals surface area (Å²) in [6, 6.07) is 3.33. The summed E-state index contributed by atoms with van der Waals surface area (Å²) in [5.41, 5.74) is -0.539. The number of fused-ring (bicyclic) bond motifs is 1. The Kier molecular flexibility index (Phi) is 4.17. The van der Waals surface area contributed by atoms with Crippen molar-refractivity contribution in [1.29, 1.82) is 0 Å². The van der Waals surface area contributed by atoms with Crippen LogP contribution in [-0.2, 0) is 28.9 Å². The lowest BCUT2D eigenvalue weighted by Gasteiger charge is -2.07. The van der Waals surface area contributed by atoms with E-state index >= 15 is 0 Å². The van der Waals surface area contributed by atoms with Gasteiger partial charge in [0.15, 0.2) is 0 Å². The molecule has 8 nitrogen and oxygen atoms in total. The molecule has 0 unspecified atom stereocenters. The van der Waals surface area contributed by atoms with Gasteiger partial charge in [-0.2, -0.15) is 0 Å². The van der Waals surface area contributed by atoms with Gasteiger partial charge in [0, 0.05) is 0 Å². The van der Waals surface area contributed by atoms with Gasteiger partial charge in [-0.3, -0.25) is 4.79 Å². The van der Waals surface area contributed by atoms with E-state index in [2.05, 4.69) is 16.1 Å². The minimum absolute atomic E-state index is 0.0356. The molecule has 0 N–H and O–H groups in total. The molecule has 0 aromatic heterocycles. The first-order valence-electron chi connectivity index (χ1n) is 7.18. The molecule has 1 aromatic carbocycles. The largest absolute Gasteiger partial charge is 0.389 e. The molecule has 0 atom stereocenters. The van der Waals surface area contributed by atoms with Crippen LogP contribution < -0.4 is 0 Å². The van der Waals surface area contributed by atoms with Crippen LogP contribution in [0, 0.1) is 0 Å². The molecule has 3 rings (SSSR count). The van der Waals surface area contributed by atoms with Crippen LogP contribution in [0.5, 0.6) is 0 Å². The van der Waals surface area contributed by atoms with E-state index in [1.165, 1.54) is 12.1 Å². The van der Waals surface area contributed by atoms with Gasteiger partial charge in [0.25, 0.3) is 0 Å². The Hall–Kier alpha value is -3.33. The van der Waals surface area contributed by atoms with Crippen molar-refractivity contribution >= 4 is 33.7 Å². The summed E-state index contributed by atoms with van der Waals surface area (Å²) in [7, 11) is -4.18. The van der Waals surface area contributed by atoms with Crippen LogP contribution in [0.2, 0.25) is 0 Å². The first-order valence-corrected chi connectivity index (χ1v) is 8.66. The number of allylic oxidation sites excluding steroid dienone is 1. The van der Waals surface area contributed by atoms with Gasteiger partial charge in [0.1, 0.15) is 0 Å². The van der Waals surface area contributed by atoms with Crippen molar-refractivity contribution in [2.45, 2.75) is 11.3 Å². The number of rotatable bonds is 2. The number of hydrogen-bond acceptors (Lipinski definition) is 8. The smallest absolute Gasteiger partial charge is 0.346 e. The van der Waals surface area contributed by atoms with Crippen molar-refractivity contribution in [3.8, 4) is 0 Å². The Morgan fingerprint density at radius 3 is 2.35 bits per heavy atom. The fourth-order valence-corrected chi connectivity index (χ4v) is 3.66. The molecule has 0 bridgehead atoms. The van der Waals surface area contributed by atoms with E-state index in [0.29, 0.717) is 0 Å². The van der Waals surface area contributed by atoms with Crippen molar-refractivity contribution in [1.82, 2.24) is 0 Å². The zero-order chi connectivity index (χ0) is 19.1. The Bertz CT molecular complexity index is 1060. The average Bonchev–Trinajstić information content (AvgIpc) is 2.89. The average molecular weight is 374 g/mol. The van der Waals surface area contributed by atoms with Crippen LogP contribution in [0.1, 0.15) is 27.1 Å². The molecule has 0 aliphatic carbocycles. The molecule has 0 saturated carbocycles. The minimum Gasteiger partial charge on any atom is -0.389 e. The molecule has 0 fully saturated rings. The van der Waals surface area contributed by atoms with Gasteiger partial charge in [-0.15, -0.1) is 0 Å². The Morgan fingerprint density at radius 2 is 1.62 bits per heavy atom. The van der Waals surface area contributed by atoms with Crippen LogP contribution in [-0.4, -0.2) is 32.3 Å². The first kappa shape index (κ1) is 17.5. The lowest BCUT2D eigenvalue weighted by Crippen LogP contribution is -2.12. The van der Waals surface area contributed by atoms with Gasteiger partial charge in [-0.05, 0) is 30.4 Å². The summed E-state index contributed by atoms with van der Waals surface area (Å²) in [5.74, 6) is -3.71. The fourth-order valence-electron chi connectivity index (χ4n) is 2.30. The zero-order valence-corrected chi connectivity index (χ0v) is 13.9. The second-order valence-electron chi connectivity index (χ2n) is 5.33. The van der Waals surface area contributed by atoms with Crippen LogP contribution >= 0.6 is 0 Å². The Balaban J connectivity index is 2.09. The molecule has 0 spiro atoms. The standard InChI is InChI=1S/C17H10O8S/c1-9-7-10(3-2-4-14(18)24-15(9)19)26(22,23)11-5-6-12-13(8-11)17(21)25-16(12)20/h2-3,5-8H,1,4H2/b3-2-,10-7+. The molecule has 2 heterocycles. The van der Waals surface area contributed by atoms with Gasteiger partial charge in [0.05, 0.1) is 32.9 Å².